The Morgan fingerprint density at radius 3 is 2.71 bits per heavy atom. The summed E-state index contributed by atoms with van der Waals surface area (Å²) in [5, 5.41) is 0.257. The molecule has 0 aromatic carbocycles. The largest absolute Gasteiger partial charge is 0.469 e. The van der Waals surface area contributed by atoms with Crippen molar-refractivity contribution in [3.05, 3.63) is 0 Å². The molecule has 82 valence electrons. The molecule has 0 saturated carbocycles. The molecule has 0 aromatic heterocycles. The van der Waals surface area contributed by atoms with Crippen molar-refractivity contribution in [2.45, 2.75) is 32.1 Å². The van der Waals surface area contributed by atoms with Crippen LogP contribution in [0.4, 0.5) is 0 Å². The molecule has 0 spiro atoms. The van der Waals surface area contributed by atoms with Crippen LogP contribution in [0.2, 0.25) is 0 Å². The molecule has 1 aliphatic heterocycles. The molecule has 1 atom stereocenters. The number of esters is 1. The van der Waals surface area contributed by atoms with Gasteiger partial charge in [0.05, 0.1) is 18.9 Å². The molecule has 1 aliphatic rings. The van der Waals surface area contributed by atoms with Crippen molar-refractivity contribution < 1.29 is 9.53 Å². The SMILES string of the molecule is COC(=O)CCN1CCC(C)(C)C1S. The van der Waals surface area contributed by atoms with Crippen LogP contribution in [0.3, 0.4) is 0 Å². The fraction of sp³-hybridized carbons (Fsp3) is 0.900. The summed E-state index contributed by atoms with van der Waals surface area (Å²) in [5.41, 5.74) is 0.249. The lowest BCUT2D eigenvalue weighted by molar-refractivity contribution is -0.140. The zero-order chi connectivity index (χ0) is 10.8. The number of carbonyl (C=O) groups excluding carboxylic acids is 1. The summed E-state index contributed by atoms with van der Waals surface area (Å²) < 4.78 is 4.61. The molecule has 0 amide bonds. The second-order valence-corrected chi connectivity index (χ2v) is 4.96. The van der Waals surface area contributed by atoms with Crippen molar-refractivity contribution in [2.75, 3.05) is 20.2 Å². The van der Waals surface area contributed by atoms with Crippen LogP contribution in [-0.2, 0) is 9.53 Å². The summed E-state index contributed by atoms with van der Waals surface area (Å²) in [6.07, 6.45) is 1.60. The lowest BCUT2D eigenvalue weighted by Gasteiger charge is -2.27. The van der Waals surface area contributed by atoms with Crippen LogP contribution < -0.4 is 0 Å². The summed E-state index contributed by atoms with van der Waals surface area (Å²) in [5.74, 6) is -0.143. The predicted molar refractivity (Wildman–Crippen MR) is 59.4 cm³/mol. The second-order valence-electron chi connectivity index (χ2n) is 4.47. The maximum atomic E-state index is 11.0. The molecule has 0 aromatic rings. The number of methoxy groups -OCH3 is 1. The highest BCUT2D eigenvalue weighted by Crippen LogP contribution is 2.37. The number of hydrogen-bond acceptors (Lipinski definition) is 4. The Bertz CT molecular complexity index is 218. The minimum absolute atomic E-state index is 0.143. The quantitative estimate of drug-likeness (QED) is 0.574. The van der Waals surface area contributed by atoms with Gasteiger partial charge in [-0.05, 0) is 18.4 Å². The van der Waals surface area contributed by atoms with E-state index in [9.17, 15) is 4.79 Å². The molecule has 1 fully saturated rings. The third-order valence-electron chi connectivity index (χ3n) is 2.92. The highest BCUT2D eigenvalue weighted by molar-refractivity contribution is 7.80. The van der Waals surface area contributed by atoms with Gasteiger partial charge in [-0.3, -0.25) is 9.69 Å². The molecule has 4 heteroatoms. The first-order valence-corrected chi connectivity index (χ1v) is 5.48. The molecular formula is C10H19NO2S. The van der Waals surface area contributed by atoms with Gasteiger partial charge in [-0.25, -0.2) is 0 Å². The van der Waals surface area contributed by atoms with Crippen LogP contribution in [0.5, 0.6) is 0 Å². The third kappa shape index (κ3) is 2.64. The van der Waals surface area contributed by atoms with E-state index in [-0.39, 0.29) is 16.8 Å². The van der Waals surface area contributed by atoms with Gasteiger partial charge < -0.3 is 4.74 Å². The first kappa shape index (κ1) is 11.9. The lowest BCUT2D eigenvalue weighted by atomic mass is 9.93. The smallest absolute Gasteiger partial charge is 0.306 e. The van der Waals surface area contributed by atoms with E-state index in [1.54, 1.807) is 0 Å². The highest BCUT2D eigenvalue weighted by atomic mass is 32.1. The van der Waals surface area contributed by atoms with Gasteiger partial charge in [-0.15, -0.1) is 0 Å². The van der Waals surface area contributed by atoms with Gasteiger partial charge in [0.15, 0.2) is 0 Å². The standard InChI is InChI=1S/C10H19NO2S/c1-10(2)5-7-11(9(10)14)6-4-8(12)13-3/h9,14H,4-7H2,1-3H3. The molecule has 1 rings (SSSR count). The number of hydrogen-bond donors (Lipinski definition) is 1. The molecule has 1 saturated heterocycles. The predicted octanol–water partition coefficient (Wildman–Crippen LogP) is 1.54. The fourth-order valence-corrected chi connectivity index (χ4v) is 2.11. The minimum Gasteiger partial charge on any atom is -0.469 e. The summed E-state index contributed by atoms with van der Waals surface area (Å²) in [4.78, 5) is 13.2. The Morgan fingerprint density at radius 1 is 1.64 bits per heavy atom. The maximum Gasteiger partial charge on any atom is 0.306 e. The van der Waals surface area contributed by atoms with Gasteiger partial charge in [0.2, 0.25) is 0 Å². The number of ether oxygens (including phenoxy) is 1. The third-order valence-corrected chi connectivity index (χ3v) is 3.94. The van der Waals surface area contributed by atoms with Crippen molar-refractivity contribution in [3.8, 4) is 0 Å². The molecule has 0 N–H and O–H groups in total. The molecule has 0 aliphatic carbocycles. The molecule has 0 radical (unpaired) electrons. The first-order chi connectivity index (χ1) is 6.47. The molecule has 3 nitrogen and oxygen atoms in total. The van der Waals surface area contributed by atoms with Crippen molar-refractivity contribution in [1.29, 1.82) is 0 Å². The first-order valence-electron chi connectivity index (χ1n) is 4.96. The van der Waals surface area contributed by atoms with E-state index in [1.165, 1.54) is 7.11 Å². The van der Waals surface area contributed by atoms with Crippen LogP contribution in [-0.4, -0.2) is 36.4 Å². The molecule has 0 bridgehead atoms. The molecule has 14 heavy (non-hydrogen) atoms. The van der Waals surface area contributed by atoms with E-state index in [0.29, 0.717) is 6.42 Å². The van der Waals surface area contributed by atoms with Crippen molar-refractivity contribution in [3.63, 3.8) is 0 Å². The number of nitrogens with zero attached hydrogens (tertiary/aromatic N) is 1. The number of thiol groups is 1. The topological polar surface area (TPSA) is 29.5 Å². The molecular weight excluding hydrogens is 198 g/mol. The van der Waals surface area contributed by atoms with Gasteiger partial charge >= 0.3 is 5.97 Å². The van der Waals surface area contributed by atoms with Crippen LogP contribution in [0, 0.1) is 5.41 Å². The average Bonchev–Trinajstić information content (AvgIpc) is 2.40. The van der Waals surface area contributed by atoms with Gasteiger partial charge in [0.1, 0.15) is 0 Å². The van der Waals surface area contributed by atoms with Gasteiger partial charge in [0.25, 0.3) is 0 Å². The Labute approximate surface area is 91.2 Å². The fourth-order valence-electron chi connectivity index (χ4n) is 1.75. The van der Waals surface area contributed by atoms with E-state index in [4.69, 9.17) is 0 Å². The van der Waals surface area contributed by atoms with E-state index in [0.717, 1.165) is 19.5 Å². The van der Waals surface area contributed by atoms with Gasteiger partial charge in [-0.1, -0.05) is 13.8 Å². The minimum atomic E-state index is -0.143. The van der Waals surface area contributed by atoms with Crippen molar-refractivity contribution in [2.24, 2.45) is 5.41 Å². The number of rotatable bonds is 3. The summed E-state index contributed by atoms with van der Waals surface area (Å²) in [6.45, 7) is 6.20. The lowest BCUT2D eigenvalue weighted by Crippen LogP contribution is -2.33. The monoisotopic (exact) mass is 217 g/mol. The number of carbonyl (C=O) groups is 1. The Kier molecular flexibility index (Phi) is 3.84. The van der Waals surface area contributed by atoms with E-state index in [1.807, 2.05) is 0 Å². The van der Waals surface area contributed by atoms with Crippen molar-refractivity contribution >= 4 is 18.6 Å². The Balaban J connectivity index is 2.37. The Hall–Kier alpha value is -0.220. The molecule has 1 unspecified atom stereocenters. The van der Waals surface area contributed by atoms with E-state index < -0.39 is 0 Å². The summed E-state index contributed by atoms with van der Waals surface area (Å²) >= 11 is 4.57. The zero-order valence-electron chi connectivity index (χ0n) is 9.12. The van der Waals surface area contributed by atoms with Crippen LogP contribution in [0.25, 0.3) is 0 Å². The Morgan fingerprint density at radius 2 is 2.29 bits per heavy atom. The van der Waals surface area contributed by atoms with Gasteiger partial charge in [0, 0.05) is 6.54 Å². The second kappa shape index (κ2) is 4.53. The summed E-state index contributed by atoms with van der Waals surface area (Å²) in [7, 11) is 1.43. The molecule has 1 heterocycles. The van der Waals surface area contributed by atoms with E-state index >= 15 is 0 Å². The average molecular weight is 217 g/mol. The van der Waals surface area contributed by atoms with Crippen LogP contribution in [0.15, 0.2) is 0 Å². The maximum absolute atomic E-state index is 11.0. The van der Waals surface area contributed by atoms with Crippen molar-refractivity contribution in [1.82, 2.24) is 4.90 Å². The van der Waals surface area contributed by atoms with Crippen LogP contribution >= 0.6 is 12.6 Å². The normalized spacial score (nSPS) is 26.4. The highest BCUT2D eigenvalue weighted by Gasteiger charge is 2.37. The zero-order valence-corrected chi connectivity index (χ0v) is 10.0. The number of likely N-dealkylation sites (tertiary alicyclic amines) is 1. The summed E-state index contributed by atoms with van der Waals surface area (Å²) in [6, 6.07) is 0. The van der Waals surface area contributed by atoms with Gasteiger partial charge in [-0.2, -0.15) is 12.6 Å². The van der Waals surface area contributed by atoms with Crippen LogP contribution in [0.1, 0.15) is 26.7 Å². The van der Waals surface area contributed by atoms with E-state index in [2.05, 4.69) is 36.1 Å².